The van der Waals surface area contributed by atoms with Gasteiger partial charge in [0.2, 0.25) is 0 Å². The third kappa shape index (κ3) is 3.57. The van der Waals surface area contributed by atoms with Crippen molar-refractivity contribution in [2.45, 2.75) is 12.5 Å². The molecule has 11 heavy (non-hydrogen) atoms. The Labute approximate surface area is 64.2 Å². The highest BCUT2D eigenvalue weighted by Gasteiger charge is 2.22. The molecular weight excluding hydrogens is 150 g/mol. The van der Waals surface area contributed by atoms with E-state index in [0.717, 1.165) is 0 Å². The Balaban J connectivity index is 4.12. The zero-order valence-corrected chi connectivity index (χ0v) is 6.44. The highest BCUT2D eigenvalue weighted by molar-refractivity contribution is 5.80. The summed E-state index contributed by atoms with van der Waals surface area (Å²) in [6.45, 7) is 0. The first-order valence-corrected chi connectivity index (χ1v) is 3.06. The van der Waals surface area contributed by atoms with E-state index in [2.05, 4.69) is 0 Å². The Bertz CT molecular complexity index is 166. The van der Waals surface area contributed by atoms with Gasteiger partial charge in [0, 0.05) is 0 Å². The Morgan fingerprint density at radius 2 is 1.82 bits per heavy atom. The number of carboxylic acid groups (broad SMARTS) is 2. The van der Waals surface area contributed by atoms with E-state index in [1.807, 2.05) is 0 Å². The summed E-state index contributed by atoms with van der Waals surface area (Å²) in [5.41, 5.74) is 0. The van der Waals surface area contributed by atoms with Crippen LogP contribution in [-0.2, 0) is 9.59 Å². The van der Waals surface area contributed by atoms with Crippen LogP contribution in [0.25, 0.3) is 0 Å². The highest BCUT2D eigenvalue weighted by atomic mass is 16.4. The first-order valence-electron chi connectivity index (χ1n) is 3.06. The molecule has 0 aliphatic rings. The summed E-state index contributed by atoms with van der Waals surface area (Å²) in [7, 11) is 3.06. The van der Waals surface area contributed by atoms with Crippen molar-refractivity contribution in [3.05, 3.63) is 0 Å². The molecular formula is C6H11NO4. The van der Waals surface area contributed by atoms with Gasteiger partial charge in [-0.3, -0.25) is 14.5 Å². The van der Waals surface area contributed by atoms with Crippen LogP contribution in [0.4, 0.5) is 0 Å². The van der Waals surface area contributed by atoms with E-state index in [0.29, 0.717) is 0 Å². The van der Waals surface area contributed by atoms with Crippen molar-refractivity contribution in [3.63, 3.8) is 0 Å². The number of nitrogens with zero attached hydrogens (tertiary/aromatic N) is 1. The van der Waals surface area contributed by atoms with Gasteiger partial charge in [0.25, 0.3) is 0 Å². The molecule has 5 nitrogen and oxygen atoms in total. The fourth-order valence-corrected chi connectivity index (χ4v) is 0.656. The van der Waals surface area contributed by atoms with Gasteiger partial charge in [-0.25, -0.2) is 0 Å². The molecule has 1 atom stereocenters. The number of rotatable bonds is 4. The van der Waals surface area contributed by atoms with E-state index in [1.165, 1.54) is 19.0 Å². The molecule has 0 amide bonds. The normalized spacial score (nSPS) is 13.0. The first-order chi connectivity index (χ1) is 4.95. The molecule has 0 spiro atoms. The van der Waals surface area contributed by atoms with Gasteiger partial charge in [0.05, 0.1) is 6.42 Å². The molecule has 5 heteroatoms. The predicted octanol–water partition coefficient (Wildman–Crippen LogP) is -0.524. The number of carbonyl (C=O) groups is 2. The lowest BCUT2D eigenvalue weighted by molar-refractivity contribution is -0.148. The second-order valence-electron chi connectivity index (χ2n) is 2.42. The van der Waals surface area contributed by atoms with Crippen molar-refractivity contribution in [1.29, 1.82) is 0 Å². The van der Waals surface area contributed by atoms with Crippen molar-refractivity contribution in [1.82, 2.24) is 4.90 Å². The van der Waals surface area contributed by atoms with Gasteiger partial charge < -0.3 is 10.2 Å². The topological polar surface area (TPSA) is 77.8 Å². The molecule has 0 bridgehead atoms. The molecule has 0 aliphatic heterocycles. The lowest BCUT2D eigenvalue weighted by atomic mass is 10.2. The standard InChI is InChI=1S/C6H11NO4/c1-7(2)4(6(10)11)3-5(8)9/h4H,3H2,1-2H3,(H,8,9)(H,10,11). The summed E-state index contributed by atoms with van der Waals surface area (Å²) < 4.78 is 0. The summed E-state index contributed by atoms with van der Waals surface area (Å²) in [4.78, 5) is 21.9. The summed E-state index contributed by atoms with van der Waals surface area (Å²) in [5, 5.41) is 16.8. The first kappa shape index (κ1) is 9.90. The molecule has 0 saturated heterocycles. The van der Waals surface area contributed by atoms with Crippen molar-refractivity contribution in [3.8, 4) is 0 Å². The molecule has 1 unspecified atom stereocenters. The van der Waals surface area contributed by atoms with Gasteiger partial charge in [0.1, 0.15) is 6.04 Å². The van der Waals surface area contributed by atoms with E-state index in [9.17, 15) is 9.59 Å². The van der Waals surface area contributed by atoms with Gasteiger partial charge >= 0.3 is 11.9 Å². The average Bonchev–Trinajstić information content (AvgIpc) is 1.81. The van der Waals surface area contributed by atoms with E-state index in [1.54, 1.807) is 0 Å². The summed E-state index contributed by atoms with van der Waals surface area (Å²) in [6.07, 6.45) is -0.373. The molecule has 0 aromatic rings. The van der Waals surface area contributed by atoms with Crippen LogP contribution in [0.1, 0.15) is 6.42 Å². The van der Waals surface area contributed by atoms with E-state index < -0.39 is 18.0 Å². The largest absolute Gasteiger partial charge is 0.481 e. The number of likely N-dealkylation sites (N-methyl/N-ethyl adjacent to an activating group) is 1. The minimum Gasteiger partial charge on any atom is -0.481 e. The van der Waals surface area contributed by atoms with Crippen LogP contribution < -0.4 is 0 Å². The van der Waals surface area contributed by atoms with Crippen molar-refractivity contribution in [2.24, 2.45) is 0 Å². The Morgan fingerprint density at radius 3 is 1.91 bits per heavy atom. The molecule has 64 valence electrons. The summed E-state index contributed by atoms with van der Waals surface area (Å²) in [6, 6.07) is -0.938. The SMILES string of the molecule is CN(C)C(CC(=O)O)C(=O)O. The van der Waals surface area contributed by atoms with E-state index >= 15 is 0 Å². The minimum absolute atomic E-state index is 0.373. The molecule has 0 saturated carbocycles. The van der Waals surface area contributed by atoms with Crippen LogP contribution in [0.3, 0.4) is 0 Å². The minimum atomic E-state index is -1.11. The Kier molecular flexibility index (Phi) is 3.53. The molecule has 2 N–H and O–H groups in total. The van der Waals surface area contributed by atoms with Crippen LogP contribution in [0.15, 0.2) is 0 Å². The third-order valence-corrected chi connectivity index (χ3v) is 1.28. The maximum absolute atomic E-state index is 10.4. The maximum atomic E-state index is 10.4. The summed E-state index contributed by atoms with van der Waals surface area (Å²) in [5.74, 6) is -2.22. The van der Waals surface area contributed by atoms with Gasteiger partial charge in [-0.15, -0.1) is 0 Å². The average molecular weight is 161 g/mol. The highest BCUT2D eigenvalue weighted by Crippen LogP contribution is 1.99. The van der Waals surface area contributed by atoms with Crippen molar-refractivity contribution in [2.75, 3.05) is 14.1 Å². The number of hydrogen-bond donors (Lipinski definition) is 2. The quantitative estimate of drug-likeness (QED) is 0.579. The number of hydrogen-bond acceptors (Lipinski definition) is 3. The molecule has 0 aromatic carbocycles. The van der Waals surface area contributed by atoms with Crippen molar-refractivity contribution < 1.29 is 19.8 Å². The Morgan fingerprint density at radius 1 is 1.36 bits per heavy atom. The van der Waals surface area contributed by atoms with Crippen molar-refractivity contribution >= 4 is 11.9 Å². The van der Waals surface area contributed by atoms with Crippen LogP contribution in [-0.4, -0.2) is 47.2 Å². The summed E-state index contributed by atoms with van der Waals surface area (Å²) >= 11 is 0. The van der Waals surface area contributed by atoms with Gasteiger partial charge in [-0.05, 0) is 14.1 Å². The van der Waals surface area contributed by atoms with Crippen LogP contribution >= 0.6 is 0 Å². The molecule has 0 heterocycles. The molecule has 0 rings (SSSR count). The molecule has 0 radical (unpaired) electrons. The van der Waals surface area contributed by atoms with Crippen LogP contribution in [0.2, 0.25) is 0 Å². The second-order valence-corrected chi connectivity index (χ2v) is 2.42. The van der Waals surface area contributed by atoms with Gasteiger partial charge in [-0.1, -0.05) is 0 Å². The van der Waals surface area contributed by atoms with E-state index in [4.69, 9.17) is 10.2 Å². The van der Waals surface area contributed by atoms with Gasteiger partial charge in [0.15, 0.2) is 0 Å². The number of aliphatic carboxylic acids is 2. The monoisotopic (exact) mass is 161 g/mol. The fourth-order valence-electron chi connectivity index (χ4n) is 0.656. The third-order valence-electron chi connectivity index (χ3n) is 1.28. The zero-order chi connectivity index (χ0) is 9.02. The molecule has 0 aromatic heterocycles. The van der Waals surface area contributed by atoms with E-state index in [-0.39, 0.29) is 6.42 Å². The molecule has 0 aliphatic carbocycles. The molecule has 0 fully saturated rings. The second kappa shape index (κ2) is 3.92. The predicted molar refractivity (Wildman–Crippen MR) is 37.4 cm³/mol. The zero-order valence-electron chi connectivity index (χ0n) is 6.44. The number of carboxylic acids is 2. The Hall–Kier alpha value is -1.10. The maximum Gasteiger partial charge on any atom is 0.321 e. The lowest BCUT2D eigenvalue weighted by Crippen LogP contribution is -2.37. The van der Waals surface area contributed by atoms with Gasteiger partial charge in [-0.2, -0.15) is 0 Å². The fraction of sp³-hybridized carbons (Fsp3) is 0.667. The lowest BCUT2D eigenvalue weighted by Gasteiger charge is -2.17. The van der Waals surface area contributed by atoms with Crippen LogP contribution in [0, 0.1) is 0 Å². The smallest absolute Gasteiger partial charge is 0.321 e. The van der Waals surface area contributed by atoms with Crippen LogP contribution in [0.5, 0.6) is 0 Å².